The van der Waals surface area contributed by atoms with E-state index in [1.165, 1.54) is 30.2 Å². The number of nitrogens with one attached hydrogen (secondary N) is 1. The molecule has 0 atom stereocenters. The molecule has 31 heavy (non-hydrogen) atoms. The summed E-state index contributed by atoms with van der Waals surface area (Å²) in [5, 5.41) is 12.1. The zero-order valence-electron chi connectivity index (χ0n) is 16.8. The van der Waals surface area contributed by atoms with E-state index in [1.54, 1.807) is 30.3 Å². The Hall–Kier alpha value is -3.76. The Morgan fingerprint density at radius 1 is 1.19 bits per heavy atom. The SMILES string of the molecule is CC(=O)N(c1cc(C)cc(C#N)c1)c1cc(NC(=O)Cc2ccc(F)cc2Cl)ccn1. The van der Waals surface area contributed by atoms with E-state index in [4.69, 9.17) is 11.6 Å². The molecule has 0 radical (unpaired) electrons. The van der Waals surface area contributed by atoms with Gasteiger partial charge in [0.1, 0.15) is 11.6 Å². The van der Waals surface area contributed by atoms with Gasteiger partial charge in [0.15, 0.2) is 0 Å². The second kappa shape index (κ2) is 9.37. The molecule has 2 amide bonds. The van der Waals surface area contributed by atoms with Gasteiger partial charge >= 0.3 is 0 Å². The Morgan fingerprint density at radius 3 is 2.65 bits per heavy atom. The number of anilines is 3. The van der Waals surface area contributed by atoms with Gasteiger partial charge in [-0.1, -0.05) is 17.7 Å². The smallest absolute Gasteiger partial charge is 0.229 e. The molecule has 0 unspecified atom stereocenters. The highest BCUT2D eigenvalue weighted by Crippen LogP contribution is 2.28. The summed E-state index contributed by atoms with van der Waals surface area (Å²) in [7, 11) is 0. The molecule has 1 aromatic heterocycles. The Labute approximate surface area is 183 Å². The predicted octanol–water partition coefficient (Wildman–Crippen LogP) is 4.92. The minimum Gasteiger partial charge on any atom is -0.326 e. The number of hydrogen-bond acceptors (Lipinski definition) is 4. The largest absolute Gasteiger partial charge is 0.326 e. The van der Waals surface area contributed by atoms with Crippen LogP contribution in [-0.2, 0) is 16.0 Å². The van der Waals surface area contributed by atoms with Crippen LogP contribution in [0.1, 0.15) is 23.6 Å². The number of amides is 2. The van der Waals surface area contributed by atoms with Crippen LogP contribution in [0.5, 0.6) is 0 Å². The number of halogens is 2. The van der Waals surface area contributed by atoms with Crippen molar-refractivity contribution in [1.29, 1.82) is 5.26 Å². The van der Waals surface area contributed by atoms with Crippen LogP contribution >= 0.6 is 11.6 Å². The molecule has 0 aliphatic heterocycles. The summed E-state index contributed by atoms with van der Waals surface area (Å²) in [4.78, 5) is 30.4. The van der Waals surface area contributed by atoms with Crippen molar-refractivity contribution in [2.45, 2.75) is 20.3 Å². The number of carbonyl (C=O) groups is 2. The standard InChI is InChI=1S/C23H18ClFN4O2/c1-14-7-16(13-26)9-20(8-14)29(15(2)30)22-12-19(5-6-27-22)28-23(31)10-17-3-4-18(25)11-21(17)24/h3-9,11-12H,10H2,1-2H3,(H,27,28,31). The lowest BCUT2D eigenvalue weighted by Gasteiger charge is -2.21. The molecule has 1 heterocycles. The molecule has 3 aromatic rings. The second-order valence-electron chi connectivity index (χ2n) is 6.89. The molecule has 0 aliphatic carbocycles. The lowest BCUT2D eigenvalue weighted by atomic mass is 10.1. The van der Waals surface area contributed by atoms with Crippen molar-refractivity contribution in [3.63, 3.8) is 0 Å². The van der Waals surface area contributed by atoms with Gasteiger partial charge in [-0.2, -0.15) is 5.26 Å². The summed E-state index contributed by atoms with van der Waals surface area (Å²) in [6, 6.07) is 14.1. The minimum atomic E-state index is -0.479. The first-order chi connectivity index (χ1) is 14.8. The fourth-order valence-corrected chi connectivity index (χ4v) is 3.33. The highest BCUT2D eigenvalue weighted by Gasteiger charge is 2.18. The molecule has 0 aliphatic rings. The first kappa shape index (κ1) is 21.9. The number of carbonyl (C=O) groups excluding carboxylic acids is 2. The highest BCUT2D eigenvalue weighted by molar-refractivity contribution is 6.31. The Kier molecular flexibility index (Phi) is 6.63. The van der Waals surface area contributed by atoms with Crippen LogP contribution in [0.2, 0.25) is 5.02 Å². The summed E-state index contributed by atoms with van der Waals surface area (Å²) in [5.74, 6) is -0.849. The number of aryl methyl sites for hydroxylation is 1. The number of hydrogen-bond donors (Lipinski definition) is 1. The van der Waals surface area contributed by atoms with Crippen LogP contribution in [-0.4, -0.2) is 16.8 Å². The molecule has 0 saturated carbocycles. The van der Waals surface area contributed by atoms with E-state index >= 15 is 0 Å². The van der Waals surface area contributed by atoms with Crippen molar-refractivity contribution in [3.8, 4) is 6.07 Å². The van der Waals surface area contributed by atoms with Gasteiger partial charge < -0.3 is 5.32 Å². The van der Waals surface area contributed by atoms with E-state index in [0.717, 1.165) is 11.6 Å². The van der Waals surface area contributed by atoms with E-state index < -0.39 is 5.82 Å². The molecule has 2 aromatic carbocycles. The average Bonchev–Trinajstić information content (AvgIpc) is 2.70. The van der Waals surface area contributed by atoms with Crippen LogP contribution in [0.25, 0.3) is 0 Å². The number of benzene rings is 2. The van der Waals surface area contributed by atoms with Gasteiger partial charge in [-0.25, -0.2) is 9.37 Å². The summed E-state index contributed by atoms with van der Waals surface area (Å²) in [5.41, 5.74) is 2.65. The molecule has 3 rings (SSSR count). The summed E-state index contributed by atoms with van der Waals surface area (Å²) < 4.78 is 13.2. The van der Waals surface area contributed by atoms with Crippen LogP contribution in [0.15, 0.2) is 54.7 Å². The Bertz CT molecular complexity index is 1210. The number of rotatable bonds is 5. The van der Waals surface area contributed by atoms with E-state index in [1.807, 2.05) is 6.92 Å². The summed E-state index contributed by atoms with van der Waals surface area (Å²) in [6.45, 7) is 3.21. The molecular weight excluding hydrogens is 419 g/mol. The maximum atomic E-state index is 13.2. The zero-order valence-corrected chi connectivity index (χ0v) is 17.6. The van der Waals surface area contributed by atoms with E-state index in [0.29, 0.717) is 28.3 Å². The highest BCUT2D eigenvalue weighted by atomic mass is 35.5. The molecule has 0 spiro atoms. The molecule has 1 N–H and O–H groups in total. The third-order valence-electron chi connectivity index (χ3n) is 4.39. The number of nitriles is 1. The zero-order chi connectivity index (χ0) is 22.5. The average molecular weight is 437 g/mol. The van der Waals surface area contributed by atoms with Crippen molar-refractivity contribution in [1.82, 2.24) is 4.98 Å². The minimum absolute atomic E-state index is 0.0450. The van der Waals surface area contributed by atoms with Crippen molar-refractivity contribution in [2.24, 2.45) is 0 Å². The molecule has 0 saturated heterocycles. The van der Waals surface area contributed by atoms with Gasteiger partial charge in [-0.05, 0) is 54.4 Å². The van der Waals surface area contributed by atoms with Crippen molar-refractivity contribution in [3.05, 3.63) is 82.3 Å². The molecule has 8 heteroatoms. The van der Waals surface area contributed by atoms with E-state index in [-0.39, 0.29) is 23.3 Å². The third kappa shape index (κ3) is 5.44. The first-order valence-corrected chi connectivity index (χ1v) is 9.67. The second-order valence-corrected chi connectivity index (χ2v) is 7.29. The van der Waals surface area contributed by atoms with Crippen LogP contribution in [0, 0.1) is 24.1 Å². The molecular formula is C23H18ClFN4O2. The molecule has 0 bridgehead atoms. The van der Waals surface area contributed by atoms with Crippen LogP contribution in [0.3, 0.4) is 0 Å². The van der Waals surface area contributed by atoms with E-state index in [2.05, 4.69) is 16.4 Å². The molecule has 6 nitrogen and oxygen atoms in total. The maximum absolute atomic E-state index is 13.2. The van der Waals surface area contributed by atoms with Gasteiger partial charge in [-0.15, -0.1) is 0 Å². The topological polar surface area (TPSA) is 86.1 Å². The van der Waals surface area contributed by atoms with Gasteiger partial charge in [0.05, 0.1) is 23.7 Å². The normalized spacial score (nSPS) is 10.3. The Balaban J connectivity index is 1.85. The number of nitrogens with zero attached hydrogens (tertiary/aromatic N) is 3. The van der Waals surface area contributed by atoms with Gasteiger partial charge in [0, 0.05) is 29.9 Å². The Morgan fingerprint density at radius 2 is 1.97 bits per heavy atom. The van der Waals surface area contributed by atoms with Crippen LogP contribution in [0.4, 0.5) is 21.6 Å². The maximum Gasteiger partial charge on any atom is 0.229 e. The first-order valence-electron chi connectivity index (χ1n) is 9.29. The van der Waals surface area contributed by atoms with Crippen molar-refractivity contribution >= 4 is 40.6 Å². The van der Waals surface area contributed by atoms with Crippen molar-refractivity contribution in [2.75, 3.05) is 10.2 Å². The van der Waals surface area contributed by atoms with Gasteiger partial charge in [0.25, 0.3) is 0 Å². The fourth-order valence-electron chi connectivity index (χ4n) is 3.09. The van der Waals surface area contributed by atoms with Gasteiger partial charge in [0.2, 0.25) is 11.8 Å². The lowest BCUT2D eigenvalue weighted by molar-refractivity contribution is -0.116. The summed E-state index contributed by atoms with van der Waals surface area (Å²) >= 11 is 5.99. The monoisotopic (exact) mass is 436 g/mol. The molecule has 156 valence electrons. The number of pyridine rings is 1. The molecule has 0 fully saturated rings. The van der Waals surface area contributed by atoms with Gasteiger partial charge in [-0.3, -0.25) is 14.5 Å². The third-order valence-corrected chi connectivity index (χ3v) is 4.74. The number of aromatic nitrogens is 1. The lowest BCUT2D eigenvalue weighted by Crippen LogP contribution is -2.24. The van der Waals surface area contributed by atoms with Crippen molar-refractivity contribution < 1.29 is 14.0 Å². The predicted molar refractivity (Wildman–Crippen MR) is 117 cm³/mol. The summed E-state index contributed by atoms with van der Waals surface area (Å²) in [6.07, 6.45) is 1.42. The van der Waals surface area contributed by atoms with E-state index in [9.17, 15) is 19.2 Å². The fraction of sp³-hybridized carbons (Fsp3) is 0.130. The van der Waals surface area contributed by atoms with Crippen LogP contribution < -0.4 is 10.2 Å². The quantitative estimate of drug-likeness (QED) is 0.615.